The molecule has 0 radical (unpaired) electrons. The third-order valence-electron chi connectivity index (χ3n) is 4.85. The summed E-state index contributed by atoms with van der Waals surface area (Å²) in [6.45, 7) is 2.94. The molecule has 32 heavy (non-hydrogen) atoms. The summed E-state index contributed by atoms with van der Waals surface area (Å²) in [7, 11) is -4.36. The molecule has 0 heterocycles. The van der Waals surface area contributed by atoms with Crippen LogP contribution in [0.25, 0.3) is 0 Å². The van der Waals surface area contributed by atoms with Crippen LogP contribution >= 0.6 is 7.82 Å². The number of hydrogen-bond donors (Lipinski definition) is 3. The van der Waals surface area contributed by atoms with Gasteiger partial charge in [0.05, 0.1) is 13.2 Å². The Balaban J connectivity index is 3.62. The van der Waals surface area contributed by atoms with Gasteiger partial charge >= 0.3 is 13.8 Å². The third-order valence-corrected chi connectivity index (χ3v) is 5.84. The summed E-state index contributed by atoms with van der Waals surface area (Å²) < 4.78 is 26.0. The van der Waals surface area contributed by atoms with Crippen molar-refractivity contribution in [1.82, 2.24) is 5.32 Å². The fourth-order valence-corrected chi connectivity index (χ4v) is 3.69. The molecular weight excluding hydrogens is 437 g/mol. The van der Waals surface area contributed by atoms with Crippen LogP contribution in [0, 0.1) is 0 Å². The molecule has 0 spiro atoms. The van der Waals surface area contributed by atoms with Gasteiger partial charge in [0.2, 0.25) is 5.91 Å². The van der Waals surface area contributed by atoms with E-state index >= 15 is 0 Å². The first-order chi connectivity index (χ1) is 15.3. The van der Waals surface area contributed by atoms with Gasteiger partial charge in [0.1, 0.15) is 12.7 Å². The summed E-state index contributed by atoms with van der Waals surface area (Å²) >= 11 is 0. The van der Waals surface area contributed by atoms with Crippen molar-refractivity contribution in [3.8, 4) is 0 Å². The highest BCUT2D eigenvalue weighted by Gasteiger charge is 2.23. The number of aliphatic hydroxyl groups excluding tert-OH is 1. The summed E-state index contributed by atoms with van der Waals surface area (Å²) in [5.41, 5.74) is 0. The van der Waals surface area contributed by atoms with Gasteiger partial charge in [-0.3, -0.25) is 18.6 Å². The minimum absolute atomic E-state index is 0.0692. The fraction of sp³-hybridized carbons (Fsp3) is 0.909. The molecule has 3 N–H and O–H groups in total. The zero-order valence-corrected chi connectivity index (χ0v) is 20.8. The number of esters is 1. The summed E-state index contributed by atoms with van der Waals surface area (Å²) in [6.07, 6.45) is 12.5. The van der Waals surface area contributed by atoms with E-state index in [1.807, 2.05) is 0 Å². The molecule has 2 unspecified atom stereocenters. The Hall–Kier alpha value is -0.990. The number of nitrogens with one attached hydrogen (secondary N) is 1. The van der Waals surface area contributed by atoms with Crippen LogP contribution in [0.5, 0.6) is 0 Å². The average molecular weight is 482 g/mol. The molecule has 0 aromatic heterocycles. The lowest BCUT2D eigenvalue weighted by molar-refractivity contribution is -0.147. The summed E-state index contributed by atoms with van der Waals surface area (Å²) in [4.78, 5) is 32.3. The van der Waals surface area contributed by atoms with Crippen LogP contribution in [-0.4, -0.2) is 54.3 Å². The SMILES string of the molecule is CCCCCCCCCCCCCC(=O)OCC(O)COP(=O)(O)OCCNC(=O)CC. The molecule has 0 aliphatic heterocycles. The molecule has 0 rings (SSSR count). The second kappa shape index (κ2) is 20.6. The molecule has 2 atom stereocenters. The van der Waals surface area contributed by atoms with Crippen LogP contribution in [0.2, 0.25) is 0 Å². The molecule has 10 heteroatoms. The Morgan fingerprint density at radius 2 is 1.44 bits per heavy atom. The smallest absolute Gasteiger partial charge is 0.463 e. The number of ether oxygens (including phenoxy) is 1. The normalized spacial score (nSPS) is 14.0. The van der Waals surface area contributed by atoms with E-state index in [0.717, 1.165) is 19.3 Å². The van der Waals surface area contributed by atoms with E-state index in [2.05, 4.69) is 21.3 Å². The number of unbranched alkanes of at least 4 members (excludes halogenated alkanes) is 10. The van der Waals surface area contributed by atoms with Crippen LogP contribution in [0.1, 0.15) is 97.3 Å². The highest BCUT2D eigenvalue weighted by Crippen LogP contribution is 2.42. The van der Waals surface area contributed by atoms with Crippen LogP contribution in [-0.2, 0) is 27.9 Å². The van der Waals surface area contributed by atoms with E-state index in [1.54, 1.807) is 6.92 Å². The van der Waals surface area contributed by atoms with Crippen LogP contribution in [0.15, 0.2) is 0 Å². The monoisotopic (exact) mass is 481 g/mol. The van der Waals surface area contributed by atoms with E-state index in [0.29, 0.717) is 6.42 Å². The molecule has 9 nitrogen and oxygen atoms in total. The van der Waals surface area contributed by atoms with Gasteiger partial charge in [-0.05, 0) is 6.42 Å². The van der Waals surface area contributed by atoms with Crippen molar-refractivity contribution < 1.29 is 37.9 Å². The second-order valence-corrected chi connectivity index (χ2v) is 9.38. The molecule has 1 amide bonds. The first-order valence-corrected chi connectivity index (χ1v) is 13.5. The van der Waals surface area contributed by atoms with Crippen molar-refractivity contribution in [2.75, 3.05) is 26.4 Å². The van der Waals surface area contributed by atoms with Gasteiger partial charge in [-0.2, -0.15) is 0 Å². The fourth-order valence-electron chi connectivity index (χ4n) is 2.94. The minimum atomic E-state index is -4.36. The van der Waals surface area contributed by atoms with E-state index in [1.165, 1.54) is 51.4 Å². The maximum atomic E-state index is 11.7. The number of hydrogen-bond acceptors (Lipinski definition) is 7. The molecule has 0 saturated heterocycles. The number of aliphatic hydroxyl groups is 1. The molecule has 0 aliphatic carbocycles. The average Bonchev–Trinajstić information content (AvgIpc) is 2.77. The van der Waals surface area contributed by atoms with Crippen molar-refractivity contribution in [2.45, 2.75) is 103 Å². The van der Waals surface area contributed by atoms with Crippen molar-refractivity contribution in [3.63, 3.8) is 0 Å². The van der Waals surface area contributed by atoms with Gasteiger partial charge in [0, 0.05) is 19.4 Å². The van der Waals surface area contributed by atoms with Gasteiger partial charge in [0.25, 0.3) is 0 Å². The molecular formula is C22H44NO8P. The maximum absolute atomic E-state index is 11.7. The maximum Gasteiger partial charge on any atom is 0.472 e. The van der Waals surface area contributed by atoms with Gasteiger partial charge in [-0.1, -0.05) is 78.1 Å². The van der Waals surface area contributed by atoms with Crippen molar-refractivity contribution in [3.05, 3.63) is 0 Å². The third kappa shape index (κ3) is 20.9. The van der Waals surface area contributed by atoms with Crippen LogP contribution in [0.3, 0.4) is 0 Å². The largest absolute Gasteiger partial charge is 0.472 e. The predicted molar refractivity (Wildman–Crippen MR) is 123 cm³/mol. The zero-order chi connectivity index (χ0) is 24.1. The van der Waals surface area contributed by atoms with Crippen molar-refractivity contribution in [1.29, 1.82) is 0 Å². The molecule has 0 aromatic rings. The van der Waals surface area contributed by atoms with E-state index in [4.69, 9.17) is 4.74 Å². The van der Waals surface area contributed by atoms with Gasteiger partial charge in [-0.25, -0.2) is 4.57 Å². The zero-order valence-electron chi connectivity index (χ0n) is 19.9. The van der Waals surface area contributed by atoms with E-state index < -0.39 is 26.5 Å². The van der Waals surface area contributed by atoms with Gasteiger partial charge in [0.15, 0.2) is 0 Å². The number of carbonyl (C=O) groups excluding carboxylic acids is 2. The molecule has 0 bridgehead atoms. The Kier molecular flexibility index (Phi) is 20.0. The van der Waals surface area contributed by atoms with Crippen molar-refractivity contribution in [2.24, 2.45) is 0 Å². The number of carbonyl (C=O) groups is 2. The predicted octanol–water partition coefficient (Wildman–Crippen LogP) is 4.25. The van der Waals surface area contributed by atoms with E-state index in [9.17, 15) is 24.2 Å². The Morgan fingerprint density at radius 1 is 0.875 bits per heavy atom. The standard InChI is InChI=1S/C22H44NO8P/c1-3-5-6-7-8-9-10-11-12-13-14-15-22(26)29-18-20(24)19-31-32(27,28)30-17-16-23-21(25)4-2/h20,24H,3-19H2,1-2H3,(H,23,25)(H,27,28). The molecule has 190 valence electrons. The topological polar surface area (TPSA) is 131 Å². The quantitative estimate of drug-likeness (QED) is 0.119. The lowest BCUT2D eigenvalue weighted by atomic mass is 10.1. The van der Waals surface area contributed by atoms with Crippen LogP contribution < -0.4 is 5.32 Å². The van der Waals surface area contributed by atoms with Crippen molar-refractivity contribution >= 4 is 19.7 Å². The number of rotatable bonds is 22. The first-order valence-electron chi connectivity index (χ1n) is 12.0. The number of phosphoric acid groups is 1. The van der Waals surface area contributed by atoms with E-state index in [-0.39, 0.29) is 32.1 Å². The lowest BCUT2D eigenvalue weighted by Crippen LogP contribution is -2.26. The molecule has 0 saturated carbocycles. The summed E-state index contributed by atoms with van der Waals surface area (Å²) in [6, 6.07) is 0. The lowest BCUT2D eigenvalue weighted by Gasteiger charge is -2.15. The van der Waals surface area contributed by atoms with Gasteiger partial charge in [-0.15, -0.1) is 0 Å². The molecule has 0 aromatic carbocycles. The Labute approximate surface area is 193 Å². The van der Waals surface area contributed by atoms with Crippen LogP contribution in [0.4, 0.5) is 0 Å². The highest BCUT2D eigenvalue weighted by atomic mass is 31.2. The molecule has 0 fully saturated rings. The van der Waals surface area contributed by atoms with Gasteiger partial charge < -0.3 is 20.1 Å². The number of phosphoric ester groups is 1. The Morgan fingerprint density at radius 3 is 2.00 bits per heavy atom. The summed E-state index contributed by atoms with van der Waals surface area (Å²) in [5.74, 6) is -0.609. The number of amides is 1. The minimum Gasteiger partial charge on any atom is -0.463 e. The highest BCUT2D eigenvalue weighted by molar-refractivity contribution is 7.47. The first kappa shape index (κ1) is 31.0. The Bertz CT molecular complexity index is 532. The summed E-state index contributed by atoms with van der Waals surface area (Å²) in [5, 5.41) is 12.2. The molecule has 0 aliphatic rings. The second-order valence-electron chi connectivity index (χ2n) is 7.92.